The van der Waals surface area contributed by atoms with Gasteiger partial charge in [0.1, 0.15) is 5.75 Å². The molecule has 1 aliphatic heterocycles. The van der Waals surface area contributed by atoms with Crippen molar-refractivity contribution in [1.82, 2.24) is 15.6 Å². The van der Waals surface area contributed by atoms with Gasteiger partial charge in [-0.3, -0.25) is 4.79 Å². The monoisotopic (exact) mass is 492 g/mol. The normalized spacial score (nSPS) is 18.1. The first kappa shape index (κ1) is 24.0. The third-order valence-electron chi connectivity index (χ3n) is 5.16. The molecule has 1 saturated heterocycles. The second-order valence-corrected chi connectivity index (χ2v) is 8.77. The van der Waals surface area contributed by atoms with Gasteiger partial charge in [-0.1, -0.05) is 48.2 Å². The van der Waals surface area contributed by atoms with E-state index in [9.17, 15) is 18.0 Å². The molecule has 180 valence electrons. The predicted octanol–water partition coefficient (Wildman–Crippen LogP) is 4.18. The van der Waals surface area contributed by atoms with Crippen molar-refractivity contribution in [1.29, 1.82) is 0 Å². The maximum absolute atomic E-state index is 12.4. The Morgan fingerprint density at radius 2 is 2.03 bits per heavy atom. The Kier molecular flexibility index (Phi) is 7.35. The van der Waals surface area contributed by atoms with Gasteiger partial charge in [0.05, 0.1) is 29.5 Å². The van der Waals surface area contributed by atoms with Gasteiger partial charge < -0.3 is 25.4 Å². The number of fused-ring (bicyclic) bond motifs is 1. The van der Waals surface area contributed by atoms with E-state index in [-0.39, 0.29) is 35.5 Å². The summed E-state index contributed by atoms with van der Waals surface area (Å²) in [6, 6.07) is 13.7. The molecule has 2 atom stereocenters. The van der Waals surface area contributed by atoms with Crippen LogP contribution < -0.4 is 20.7 Å². The number of carbonyl (C=O) groups excluding carboxylic acids is 1. The van der Waals surface area contributed by atoms with Crippen LogP contribution >= 0.6 is 11.3 Å². The summed E-state index contributed by atoms with van der Waals surface area (Å²) in [5.74, 6) is -0.684. The van der Waals surface area contributed by atoms with Crippen LogP contribution in [0.25, 0.3) is 10.2 Å². The van der Waals surface area contributed by atoms with Gasteiger partial charge in [-0.15, -0.1) is 13.2 Å². The molecule has 2 heterocycles. The van der Waals surface area contributed by atoms with Gasteiger partial charge in [0.15, 0.2) is 5.13 Å². The summed E-state index contributed by atoms with van der Waals surface area (Å²) in [7, 11) is 0. The van der Waals surface area contributed by atoms with Crippen LogP contribution in [0.3, 0.4) is 0 Å². The highest BCUT2D eigenvalue weighted by Crippen LogP contribution is 2.31. The molecule has 0 bridgehead atoms. The van der Waals surface area contributed by atoms with Crippen LogP contribution in [-0.4, -0.2) is 42.5 Å². The SMILES string of the molecule is C=C(NCC(=O)Nc1nc2ccc(OC(F)(F)F)cc2s1)[C@@H]1C[C@@H](OCc2ccccc2)CN1. The Hall–Kier alpha value is -3.15. The van der Waals surface area contributed by atoms with Crippen molar-refractivity contribution < 1.29 is 27.4 Å². The summed E-state index contributed by atoms with van der Waals surface area (Å²) in [6.07, 6.45) is -3.99. The van der Waals surface area contributed by atoms with Crippen molar-refractivity contribution in [3.05, 3.63) is 66.4 Å². The molecule has 7 nitrogen and oxygen atoms in total. The fraction of sp³-hybridized carbons (Fsp3) is 0.304. The third-order valence-corrected chi connectivity index (χ3v) is 6.09. The molecule has 0 radical (unpaired) electrons. The Balaban J connectivity index is 1.22. The van der Waals surface area contributed by atoms with Crippen molar-refractivity contribution in [2.75, 3.05) is 18.4 Å². The number of anilines is 1. The number of nitrogens with zero attached hydrogens (tertiary/aromatic N) is 1. The molecule has 11 heteroatoms. The molecule has 2 aromatic carbocycles. The van der Waals surface area contributed by atoms with Gasteiger partial charge in [-0.05, 0) is 24.1 Å². The van der Waals surface area contributed by atoms with E-state index >= 15 is 0 Å². The van der Waals surface area contributed by atoms with Crippen LogP contribution in [0, 0.1) is 0 Å². The van der Waals surface area contributed by atoms with E-state index in [1.54, 1.807) is 0 Å². The van der Waals surface area contributed by atoms with Gasteiger partial charge in [0.25, 0.3) is 0 Å². The van der Waals surface area contributed by atoms with Crippen molar-refractivity contribution in [2.24, 2.45) is 0 Å². The van der Waals surface area contributed by atoms with Gasteiger partial charge in [-0.25, -0.2) is 4.98 Å². The molecule has 4 rings (SSSR count). The van der Waals surface area contributed by atoms with E-state index in [4.69, 9.17) is 4.74 Å². The van der Waals surface area contributed by atoms with E-state index < -0.39 is 6.36 Å². The number of halogens is 3. The molecule has 1 amide bonds. The molecule has 3 aromatic rings. The van der Waals surface area contributed by atoms with Crippen LogP contribution in [0.1, 0.15) is 12.0 Å². The molecular weight excluding hydrogens is 469 g/mol. The summed E-state index contributed by atoms with van der Waals surface area (Å²) >= 11 is 1.06. The molecule has 3 N–H and O–H groups in total. The number of carbonyl (C=O) groups is 1. The molecule has 0 spiro atoms. The van der Waals surface area contributed by atoms with E-state index in [1.807, 2.05) is 30.3 Å². The largest absolute Gasteiger partial charge is 0.573 e. The second kappa shape index (κ2) is 10.4. The summed E-state index contributed by atoms with van der Waals surface area (Å²) in [4.78, 5) is 16.5. The van der Waals surface area contributed by atoms with Gasteiger partial charge in [-0.2, -0.15) is 0 Å². The zero-order valence-corrected chi connectivity index (χ0v) is 18.8. The van der Waals surface area contributed by atoms with E-state index in [0.717, 1.165) is 23.3 Å². The molecule has 1 fully saturated rings. The minimum atomic E-state index is -4.77. The zero-order chi connectivity index (χ0) is 24.1. The van der Waals surface area contributed by atoms with E-state index in [0.29, 0.717) is 29.1 Å². The standard InChI is InChI=1S/C23H23F3N4O3S/c1-14(19-9-17(11-28-19)32-13-15-5-3-2-4-6-15)27-12-21(31)30-22-29-18-8-7-16(10-20(18)34-22)33-23(24,25)26/h2-8,10,17,19,27-28H,1,9,11-13H2,(H,29,30,31)/t17-,19+/m1/s1. The Bertz CT molecular complexity index is 1150. The Morgan fingerprint density at radius 1 is 1.24 bits per heavy atom. The van der Waals surface area contributed by atoms with Crippen LogP contribution in [-0.2, 0) is 16.1 Å². The number of nitrogens with one attached hydrogen (secondary N) is 3. The first-order valence-corrected chi connectivity index (χ1v) is 11.3. The van der Waals surface area contributed by atoms with Crippen LogP contribution in [0.15, 0.2) is 60.8 Å². The first-order chi connectivity index (χ1) is 16.2. The number of alkyl halides is 3. The average molecular weight is 493 g/mol. The quantitative estimate of drug-likeness (QED) is 0.416. The van der Waals surface area contributed by atoms with Crippen molar-refractivity contribution >= 4 is 32.6 Å². The van der Waals surface area contributed by atoms with Crippen LogP contribution in [0.2, 0.25) is 0 Å². The van der Waals surface area contributed by atoms with Crippen molar-refractivity contribution in [3.63, 3.8) is 0 Å². The number of thiazole rings is 1. The van der Waals surface area contributed by atoms with Crippen LogP contribution in [0.5, 0.6) is 5.75 Å². The lowest BCUT2D eigenvalue weighted by Gasteiger charge is -2.16. The number of aromatic nitrogens is 1. The molecule has 1 aliphatic rings. The number of rotatable bonds is 9. The number of ether oxygens (including phenoxy) is 2. The molecule has 0 unspecified atom stereocenters. The summed E-state index contributed by atoms with van der Waals surface area (Å²) in [5, 5.41) is 9.28. The van der Waals surface area contributed by atoms with E-state index in [1.165, 1.54) is 18.2 Å². The smallest absolute Gasteiger partial charge is 0.406 e. The first-order valence-electron chi connectivity index (χ1n) is 10.5. The molecular formula is C23H23F3N4O3S. The minimum absolute atomic E-state index is 0.0229. The number of benzene rings is 2. The maximum Gasteiger partial charge on any atom is 0.573 e. The molecule has 0 saturated carbocycles. The zero-order valence-electron chi connectivity index (χ0n) is 18.0. The lowest BCUT2D eigenvalue weighted by Crippen LogP contribution is -2.35. The third kappa shape index (κ3) is 6.69. The molecule has 34 heavy (non-hydrogen) atoms. The molecule has 1 aromatic heterocycles. The maximum atomic E-state index is 12.4. The highest BCUT2D eigenvalue weighted by atomic mass is 32.1. The predicted molar refractivity (Wildman–Crippen MR) is 124 cm³/mol. The van der Waals surface area contributed by atoms with Crippen LogP contribution in [0.4, 0.5) is 18.3 Å². The average Bonchev–Trinajstić information content (AvgIpc) is 3.42. The summed E-state index contributed by atoms with van der Waals surface area (Å²) in [5.41, 5.74) is 2.25. The highest BCUT2D eigenvalue weighted by molar-refractivity contribution is 7.22. The second-order valence-electron chi connectivity index (χ2n) is 7.74. The number of hydrogen-bond acceptors (Lipinski definition) is 7. The fourth-order valence-corrected chi connectivity index (χ4v) is 4.43. The Morgan fingerprint density at radius 3 is 2.79 bits per heavy atom. The molecule has 0 aliphatic carbocycles. The Labute approximate surface area is 198 Å². The van der Waals surface area contributed by atoms with Gasteiger partial charge >= 0.3 is 6.36 Å². The number of hydrogen-bond donors (Lipinski definition) is 3. The van der Waals surface area contributed by atoms with Crippen molar-refractivity contribution in [2.45, 2.75) is 31.5 Å². The van der Waals surface area contributed by atoms with Crippen molar-refractivity contribution in [3.8, 4) is 5.75 Å². The lowest BCUT2D eigenvalue weighted by molar-refractivity contribution is -0.274. The number of amides is 1. The minimum Gasteiger partial charge on any atom is -0.406 e. The topological polar surface area (TPSA) is 84.5 Å². The van der Waals surface area contributed by atoms with E-state index in [2.05, 4.69) is 32.3 Å². The lowest BCUT2D eigenvalue weighted by atomic mass is 10.1. The highest BCUT2D eigenvalue weighted by Gasteiger charge is 2.31. The summed E-state index contributed by atoms with van der Waals surface area (Å²) < 4.78 is 47.5. The summed E-state index contributed by atoms with van der Waals surface area (Å²) in [6.45, 7) is 5.22. The fourth-order valence-electron chi connectivity index (χ4n) is 3.52. The van der Waals surface area contributed by atoms with Gasteiger partial charge in [0.2, 0.25) is 5.91 Å². The van der Waals surface area contributed by atoms with Gasteiger partial charge in [0, 0.05) is 24.4 Å².